The molecule has 2 N–H and O–H groups in total. The summed E-state index contributed by atoms with van der Waals surface area (Å²) in [5.41, 5.74) is 6.81. The van der Waals surface area contributed by atoms with E-state index >= 15 is 0 Å². The summed E-state index contributed by atoms with van der Waals surface area (Å²) in [7, 11) is 0. The maximum absolute atomic E-state index is 5.99. The fourth-order valence-corrected chi connectivity index (χ4v) is 2.50. The maximum Gasteiger partial charge on any atom is 0.222 e. The van der Waals surface area contributed by atoms with E-state index in [0.717, 1.165) is 16.5 Å². The zero-order valence-electron chi connectivity index (χ0n) is 9.73. The van der Waals surface area contributed by atoms with Gasteiger partial charge in [0.25, 0.3) is 0 Å². The van der Waals surface area contributed by atoms with Crippen LogP contribution in [0.15, 0.2) is 23.4 Å². The zero-order chi connectivity index (χ0) is 13.1. The van der Waals surface area contributed by atoms with Gasteiger partial charge in [0.2, 0.25) is 5.95 Å². The van der Waals surface area contributed by atoms with Gasteiger partial charge in [0, 0.05) is 0 Å². The number of nitrogens with two attached hydrogens (primary N) is 1. The molecule has 0 atom stereocenters. The summed E-state index contributed by atoms with van der Waals surface area (Å²) in [6.45, 7) is 2.64. The average molecular weight is 303 g/mol. The molecule has 0 saturated carbocycles. The van der Waals surface area contributed by atoms with Crippen LogP contribution >= 0.6 is 35.0 Å². The van der Waals surface area contributed by atoms with Crippen LogP contribution in [0.4, 0.5) is 5.95 Å². The molecule has 2 aromatic rings. The van der Waals surface area contributed by atoms with Crippen molar-refractivity contribution in [2.75, 3.05) is 11.5 Å². The molecular formula is C11H12Cl2N4S. The summed E-state index contributed by atoms with van der Waals surface area (Å²) < 4.78 is 1.85. The van der Waals surface area contributed by atoms with Gasteiger partial charge < -0.3 is 5.73 Å². The summed E-state index contributed by atoms with van der Waals surface area (Å²) in [5, 5.41) is 9.80. The minimum atomic E-state index is 0.400. The van der Waals surface area contributed by atoms with Crippen LogP contribution in [0.3, 0.4) is 0 Å². The van der Waals surface area contributed by atoms with Gasteiger partial charge in [0.15, 0.2) is 5.16 Å². The van der Waals surface area contributed by atoms with E-state index in [2.05, 4.69) is 17.1 Å². The molecule has 0 unspecified atom stereocenters. The lowest BCUT2D eigenvalue weighted by atomic mass is 10.2. The molecule has 0 aliphatic carbocycles. The second-order valence-corrected chi connectivity index (χ2v) is 5.65. The highest BCUT2D eigenvalue weighted by atomic mass is 35.5. The van der Waals surface area contributed by atoms with Crippen LogP contribution in [-0.2, 0) is 6.54 Å². The van der Waals surface area contributed by atoms with Crippen molar-refractivity contribution in [3.63, 3.8) is 0 Å². The molecule has 0 radical (unpaired) electrons. The lowest BCUT2D eigenvalue weighted by Gasteiger charge is -2.08. The number of aromatic nitrogens is 3. The van der Waals surface area contributed by atoms with Gasteiger partial charge in [-0.1, -0.05) is 48.0 Å². The summed E-state index contributed by atoms with van der Waals surface area (Å²) in [5.74, 6) is 1.32. The van der Waals surface area contributed by atoms with Crippen molar-refractivity contribution in [3.8, 4) is 0 Å². The fraction of sp³-hybridized carbons (Fsp3) is 0.273. The van der Waals surface area contributed by atoms with E-state index in [0.29, 0.717) is 22.5 Å². The van der Waals surface area contributed by atoms with Crippen molar-refractivity contribution < 1.29 is 0 Å². The zero-order valence-corrected chi connectivity index (χ0v) is 12.1. The summed E-state index contributed by atoms with van der Waals surface area (Å²) in [4.78, 5) is 0. The Hall–Kier alpha value is -0.910. The first-order valence-corrected chi connectivity index (χ1v) is 7.11. The number of halogens is 2. The van der Waals surface area contributed by atoms with Crippen molar-refractivity contribution in [2.45, 2.75) is 18.6 Å². The van der Waals surface area contributed by atoms with E-state index < -0.39 is 0 Å². The number of nitrogen functional groups attached to an aromatic ring is 1. The molecule has 0 bridgehead atoms. The molecule has 2 rings (SSSR count). The molecule has 96 valence electrons. The minimum absolute atomic E-state index is 0.400. The lowest BCUT2D eigenvalue weighted by Crippen LogP contribution is -2.06. The van der Waals surface area contributed by atoms with Gasteiger partial charge in [-0.3, -0.25) is 4.57 Å². The number of hydrogen-bond donors (Lipinski definition) is 1. The van der Waals surface area contributed by atoms with Gasteiger partial charge in [0.1, 0.15) is 0 Å². The molecule has 0 spiro atoms. The molecular weight excluding hydrogens is 291 g/mol. The number of anilines is 1. The second-order valence-electron chi connectivity index (χ2n) is 3.61. The molecule has 0 saturated heterocycles. The molecule has 0 amide bonds. The Kier molecular flexibility index (Phi) is 4.37. The first-order valence-electron chi connectivity index (χ1n) is 5.37. The quantitative estimate of drug-likeness (QED) is 0.880. The number of benzene rings is 1. The van der Waals surface area contributed by atoms with Crippen LogP contribution in [-0.4, -0.2) is 20.5 Å². The Morgan fingerprint density at radius 3 is 2.72 bits per heavy atom. The highest BCUT2D eigenvalue weighted by molar-refractivity contribution is 7.99. The molecule has 4 nitrogen and oxygen atoms in total. The monoisotopic (exact) mass is 302 g/mol. The SMILES string of the molecule is CCSc1nnc(N)n1Cc1ccc(Cl)c(Cl)c1. The van der Waals surface area contributed by atoms with Crippen molar-refractivity contribution in [1.82, 2.24) is 14.8 Å². The first kappa shape index (κ1) is 13.5. The molecule has 18 heavy (non-hydrogen) atoms. The number of thioether (sulfide) groups is 1. The van der Waals surface area contributed by atoms with Gasteiger partial charge >= 0.3 is 0 Å². The van der Waals surface area contributed by atoms with Gasteiger partial charge in [-0.2, -0.15) is 0 Å². The van der Waals surface area contributed by atoms with Crippen LogP contribution < -0.4 is 5.73 Å². The Bertz CT molecular complexity index is 556. The Balaban J connectivity index is 2.27. The largest absolute Gasteiger partial charge is 0.368 e. The molecule has 1 aromatic heterocycles. The topological polar surface area (TPSA) is 56.7 Å². The predicted octanol–water partition coefficient (Wildman–Crippen LogP) is 3.33. The highest BCUT2D eigenvalue weighted by Gasteiger charge is 2.10. The van der Waals surface area contributed by atoms with E-state index in [4.69, 9.17) is 28.9 Å². The molecule has 0 fully saturated rings. The van der Waals surface area contributed by atoms with Crippen LogP contribution in [0.5, 0.6) is 0 Å². The van der Waals surface area contributed by atoms with E-state index in [1.165, 1.54) is 0 Å². The fourth-order valence-electron chi connectivity index (χ4n) is 1.51. The third kappa shape index (κ3) is 2.91. The Labute approximate surface area is 119 Å². The Morgan fingerprint density at radius 2 is 2.06 bits per heavy atom. The van der Waals surface area contributed by atoms with E-state index in [1.807, 2.05) is 16.7 Å². The normalized spacial score (nSPS) is 10.8. The van der Waals surface area contributed by atoms with E-state index in [1.54, 1.807) is 17.8 Å². The predicted molar refractivity (Wildman–Crippen MR) is 76.4 cm³/mol. The van der Waals surface area contributed by atoms with Crippen LogP contribution in [0.1, 0.15) is 12.5 Å². The summed E-state index contributed by atoms with van der Waals surface area (Å²) in [6, 6.07) is 5.50. The number of rotatable bonds is 4. The van der Waals surface area contributed by atoms with E-state index in [-0.39, 0.29) is 0 Å². The molecule has 0 aliphatic heterocycles. The van der Waals surface area contributed by atoms with Gasteiger partial charge in [-0.15, -0.1) is 10.2 Å². The molecule has 1 heterocycles. The number of hydrogen-bond acceptors (Lipinski definition) is 4. The van der Waals surface area contributed by atoms with Crippen molar-refractivity contribution in [2.24, 2.45) is 0 Å². The van der Waals surface area contributed by atoms with Crippen molar-refractivity contribution in [1.29, 1.82) is 0 Å². The van der Waals surface area contributed by atoms with E-state index in [9.17, 15) is 0 Å². The van der Waals surface area contributed by atoms with Crippen LogP contribution in [0.25, 0.3) is 0 Å². The second kappa shape index (κ2) is 5.82. The van der Waals surface area contributed by atoms with Crippen molar-refractivity contribution >= 4 is 40.9 Å². The lowest BCUT2D eigenvalue weighted by molar-refractivity contribution is 0.717. The summed E-state index contributed by atoms with van der Waals surface area (Å²) >= 11 is 13.5. The first-order chi connectivity index (χ1) is 8.61. The molecule has 1 aromatic carbocycles. The average Bonchev–Trinajstić information content (AvgIpc) is 2.67. The van der Waals surface area contributed by atoms with Gasteiger partial charge in [0.05, 0.1) is 16.6 Å². The number of nitrogens with zero attached hydrogens (tertiary/aromatic N) is 3. The smallest absolute Gasteiger partial charge is 0.222 e. The summed E-state index contributed by atoms with van der Waals surface area (Å²) in [6.07, 6.45) is 0. The third-order valence-electron chi connectivity index (χ3n) is 2.34. The third-order valence-corrected chi connectivity index (χ3v) is 3.93. The minimum Gasteiger partial charge on any atom is -0.368 e. The Morgan fingerprint density at radius 1 is 1.28 bits per heavy atom. The highest BCUT2D eigenvalue weighted by Crippen LogP contribution is 2.25. The van der Waals surface area contributed by atoms with Gasteiger partial charge in [-0.05, 0) is 23.4 Å². The molecule has 0 aliphatic rings. The molecule has 7 heteroatoms. The standard InChI is InChI=1S/C11H12Cl2N4S/c1-2-18-11-16-15-10(14)17(11)6-7-3-4-8(12)9(13)5-7/h3-5H,2,6H2,1H3,(H2,14,15). The van der Waals surface area contributed by atoms with Crippen molar-refractivity contribution in [3.05, 3.63) is 33.8 Å². The maximum atomic E-state index is 5.99. The van der Waals surface area contributed by atoms with Gasteiger partial charge in [-0.25, -0.2) is 0 Å². The van der Waals surface area contributed by atoms with Crippen LogP contribution in [0, 0.1) is 0 Å². The van der Waals surface area contributed by atoms with Crippen LogP contribution in [0.2, 0.25) is 10.0 Å².